The minimum Gasteiger partial charge on any atom is -0.338 e. The number of rotatable bonds is 5. The molecule has 2 fully saturated rings. The van der Waals surface area contributed by atoms with Crippen molar-refractivity contribution in [2.45, 2.75) is 67.2 Å². The van der Waals surface area contributed by atoms with Gasteiger partial charge in [0.05, 0.1) is 27.1 Å². The lowest BCUT2D eigenvalue weighted by Gasteiger charge is -2.39. The molecule has 172 valence electrons. The molecule has 34 heavy (non-hydrogen) atoms. The summed E-state index contributed by atoms with van der Waals surface area (Å²) in [5, 5.41) is 9.33. The number of aromatic nitrogens is 2. The summed E-state index contributed by atoms with van der Waals surface area (Å²) in [5.74, 6) is 1.08. The molecule has 1 aromatic heterocycles. The number of fused-ring (bicyclic) bond motifs is 1. The molecule has 6 rings (SSSR count). The fraction of sp³-hybridized carbons (Fsp3) is 0.370. The van der Waals surface area contributed by atoms with Crippen molar-refractivity contribution in [3.63, 3.8) is 0 Å². The SMILES string of the molecule is C[C@H]1CCN1c1nc2c(c(-c3cccc(S(=N)(=O)c4ccc(C#N)cc4C4CC4)c3)n1)CCC2. The van der Waals surface area contributed by atoms with Crippen LogP contribution in [0.4, 0.5) is 5.95 Å². The quantitative estimate of drug-likeness (QED) is 0.537. The van der Waals surface area contributed by atoms with Gasteiger partial charge in [-0.25, -0.2) is 19.0 Å². The molecular weight excluding hydrogens is 442 g/mol. The number of aryl methyl sites for hydroxylation is 1. The number of nitrogens with one attached hydrogen (secondary N) is 1. The molecule has 0 radical (unpaired) electrons. The third kappa shape index (κ3) is 3.48. The van der Waals surface area contributed by atoms with Crippen molar-refractivity contribution >= 4 is 15.7 Å². The zero-order valence-corrected chi connectivity index (χ0v) is 20.1. The van der Waals surface area contributed by atoms with Crippen molar-refractivity contribution in [1.29, 1.82) is 10.0 Å². The van der Waals surface area contributed by atoms with Crippen LogP contribution >= 0.6 is 0 Å². The number of nitrogens with zero attached hydrogens (tertiary/aromatic N) is 4. The van der Waals surface area contributed by atoms with E-state index in [1.54, 1.807) is 18.2 Å². The Morgan fingerprint density at radius 1 is 1.12 bits per heavy atom. The largest absolute Gasteiger partial charge is 0.338 e. The summed E-state index contributed by atoms with van der Waals surface area (Å²) in [6, 6.07) is 15.4. The van der Waals surface area contributed by atoms with Crippen LogP contribution in [0.15, 0.2) is 52.3 Å². The Labute approximate surface area is 200 Å². The van der Waals surface area contributed by atoms with E-state index in [-0.39, 0.29) is 0 Å². The van der Waals surface area contributed by atoms with Gasteiger partial charge >= 0.3 is 0 Å². The predicted octanol–water partition coefficient (Wildman–Crippen LogP) is 5.44. The molecule has 2 atom stereocenters. The highest BCUT2D eigenvalue weighted by Crippen LogP contribution is 2.44. The molecule has 1 unspecified atom stereocenters. The van der Waals surface area contributed by atoms with Gasteiger partial charge in [-0.1, -0.05) is 12.1 Å². The first-order valence-corrected chi connectivity index (χ1v) is 13.6. The van der Waals surface area contributed by atoms with Crippen molar-refractivity contribution in [2.75, 3.05) is 11.4 Å². The van der Waals surface area contributed by atoms with Gasteiger partial charge < -0.3 is 4.90 Å². The Bertz CT molecular complexity index is 1450. The summed E-state index contributed by atoms with van der Waals surface area (Å²) in [4.78, 5) is 13.1. The average molecular weight is 470 g/mol. The Balaban J connectivity index is 1.45. The number of anilines is 1. The molecule has 2 aliphatic carbocycles. The maximum absolute atomic E-state index is 14.0. The first-order valence-electron chi connectivity index (χ1n) is 12.1. The van der Waals surface area contributed by atoms with Crippen LogP contribution < -0.4 is 4.90 Å². The highest BCUT2D eigenvalue weighted by molar-refractivity contribution is 7.92. The van der Waals surface area contributed by atoms with Gasteiger partial charge in [-0.05, 0) is 87.3 Å². The fourth-order valence-electron chi connectivity index (χ4n) is 5.14. The van der Waals surface area contributed by atoms with Crippen LogP contribution in [0, 0.1) is 16.1 Å². The number of hydrogen-bond donors (Lipinski definition) is 1. The van der Waals surface area contributed by atoms with E-state index < -0.39 is 9.73 Å². The van der Waals surface area contributed by atoms with Gasteiger partial charge in [-0.2, -0.15) is 5.26 Å². The average Bonchev–Trinajstić information content (AvgIpc) is 3.59. The maximum atomic E-state index is 14.0. The van der Waals surface area contributed by atoms with Crippen molar-refractivity contribution in [3.8, 4) is 17.3 Å². The molecule has 2 aromatic carbocycles. The van der Waals surface area contributed by atoms with Crippen molar-refractivity contribution < 1.29 is 4.21 Å². The number of nitriles is 1. The molecule has 3 aliphatic rings. The van der Waals surface area contributed by atoms with Crippen LogP contribution in [0.5, 0.6) is 0 Å². The molecule has 0 spiro atoms. The lowest BCUT2D eigenvalue weighted by molar-refractivity contribution is 0.470. The Hall–Kier alpha value is -3.24. The third-order valence-electron chi connectivity index (χ3n) is 7.40. The molecule has 7 heteroatoms. The van der Waals surface area contributed by atoms with E-state index in [2.05, 4.69) is 17.9 Å². The van der Waals surface area contributed by atoms with Crippen LogP contribution in [-0.4, -0.2) is 26.8 Å². The molecular formula is C27H27N5OS. The van der Waals surface area contributed by atoms with E-state index in [9.17, 15) is 9.47 Å². The summed E-state index contributed by atoms with van der Waals surface area (Å²) in [5.41, 5.74) is 5.56. The van der Waals surface area contributed by atoms with Gasteiger partial charge in [-0.15, -0.1) is 0 Å². The van der Waals surface area contributed by atoms with Crippen LogP contribution in [0.3, 0.4) is 0 Å². The summed E-state index contributed by atoms with van der Waals surface area (Å²) >= 11 is 0. The van der Waals surface area contributed by atoms with E-state index in [0.717, 1.165) is 73.5 Å². The summed E-state index contributed by atoms with van der Waals surface area (Å²) in [6.07, 6.45) is 6.17. The minimum absolute atomic E-state index is 0.295. The van der Waals surface area contributed by atoms with Crippen molar-refractivity contribution in [3.05, 3.63) is 64.8 Å². The summed E-state index contributed by atoms with van der Waals surface area (Å²) in [7, 11) is -3.24. The van der Waals surface area contributed by atoms with E-state index in [1.165, 1.54) is 5.56 Å². The smallest absolute Gasteiger partial charge is 0.226 e. The molecule has 1 aliphatic heterocycles. The van der Waals surface area contributed by atoms with Gasteiger partial charge in [0.15, 0.2) is 0 Å². The molecule has 0 amide bonds. The lowest BCUT2D eigenvalue weighted by atomic mass is 10.0. The van der Waals surface area contributed by atoms with Crippen LogP contribution in [0.1, 0.15) is 60.9 Å². The highest BCUT2D eigenvalue weighted by Gasteiger charge is 2.31. The fourth-order valence-corrected chi connectivity index (χ4v) is 6.78. The molecule has 1 saturated carbocycles. The summed E-state index contributed by atoms with van der Waals surface area (Å²) in [6.45, 7) is 3.17. The zero-order valence-electron chi connectivity index (χ0n) is 19.3. The topological polar surface area (TPSA) is 93.7 Å². The molecule has 2 heterocycles. The normalized spacial score (nSPS) is 20.8. The van der Waals surface area contributed by atoms with Crippen molar-refractivity contribution in [2.24, 2.45) is 0 Å². The highest BCUT2D eigenvalue weighted by atomic mass is 32.2. The number of hydrogen-bond acceptors (Lipinski definition) is 6. The van der Waals surface area contributed by atoms with E-state index >= 15 is 0 Å². The zero-order chi connectivity index (χ0) is 23.4. The maximum Gasteiger partial charge on any atom is 0.226 e. The van der Waals surface area contributed by atoms with Crippen molar-refractivity contribution in [1.82, 2.24) is 9.97 Å². The van der Waals surface area contributed by atoms with Gasteiger partial charge in [0.25, 0.3) is 0 Å². The molecule has 3 aromatic rings. The molecule has 1 N–H and O–H groups in total. The second-order valence-electron chi connectivity index (χ2n) is 9.70. The standard InChI is InChI=1S/C27H27N5OS/c1-17-12-13-32(17)27-30-24-7-3-6-22(24)26(31-27)20-4-2-5-21(15-20)34(29,33)25-11-8-18(16-28)14-23(25)19-9-10-19/h2,4-5,8,11,14-15,17,19,29H,3,6-7,9-10,12-13H2,1H3/t17-,34?/m0/s1. The van der Waals surface area contributed by atoms with Crippen LogP contribution in [0.25, 0.3) is 11.3 Å². The minimum atomic E-state index is -3.24. The predicted molar refractivity (Wildman–Crippen MR) is 131 cm³/mol. The van der Waals surface area contributed by atoms with E-state index in [1.807, 2.05) is 24.3 Å². The summed E-state index contributed by atoms with van der Waals surface area (Å²) < 4.78 is 23.0. The molecule has 1 saturated heterocycles. The lowest BCUT2D eigenvalue weighted by Crippen LogP contribution is -2.46. The number of benzene rings is 2. The van der Waals surface area contributed by atoms with Crippen LogP contribution in [-0.2, 0) is 22.6 Å². The van der Waals surface area contributed by atoms with Gasteiger partial charge in [0.2, 0.25) is 5.95 Å². The molecule has 6 nitrogen and oxygen atoms in total. The molecule has 0 bridgehead atoms. The first kappa shape index (κ1) is 21.3. The first-order chi connectivity index (χ1) is 16.5. The third-order valence-corrected chi connectivity index (χ3v) is 9.31. The second-order valence-corrected chi connectivity index (χ2v) is 11.7. The Morgan fingerprint density at radius 3 is 2.68 bits per heavy atom. The van der Waals surface area contributed by atoms with Crippen LogP contribution in [0.2, 0.25) is 0 Å². The van der Waals surface area contributed by atoms with Gasteiger partial charge in [0, 0.05) is 29.4 Å². The van der Waals surface area contributed by atoms with Gasteiger partial charge in [0.1, 0.15) is 9.73 Å². The second kappa shape index (κ2) is 7.92. The van der Waals surface area contributed by atoms with E-state index in [0.29, 0.717) is 27.3 Å². The Morgan fingerprint density at radius 2 is 1.97 bits per heavy atom. The Kier molecular flexibility index (Phi) is 4.96. The van der Waals surface area contributed by atoms with E-state index in [4.69, 9.17) is 14.7 Å². The monoisotopic (exact) mass is 469 g/mol. The van der Waals surface area contributed by atoms with Gasteiger partial charge in [-0.3, -0.25) is 0 Å².